The fourth-order valence-corrected chi connectivity index (χ4v) is 2.92. The fraction of sp³-hybridized carbons (Fsp3) is 0.429. The largest absolute Gasteiger partial charge is 0.344 e. The van der Waals surface area contributed by atoms with Crippen LogP contribution in [0, 0.1) is 13.8 Å². The molecule has 2 aromatic rings. The number of hydrogen-bond donors (Lipinski definition) is 2. The highest BCUT2D eigenvalue weighted by molar-refractivity contribution is 5.38. The van der Waals surface area contributed by atoms with Crippen molar-refractivity contribution in [2.24, 2.45) is 0 Å². The van der Waals surface area contributed by atoms with E-state index in [0.29, 0.717) is 11.8 Å². The van der Waals surface area contributed by atoms with Crippen molar-refractivity contribution in [2.75, 3.05) is 0 Å². The summed E-state index contributed by atoms with van der Waals surface area (Å²) in [6.07, 6.45) is 1.03. The van der Waals surface area contributed by atoms with E-state index < -0.39 is 0 Å². The molecule has 128 valence electrons. The molecule has 23 heavy (non-hydrogen) atoms. The Balaban J connectivity index is 0.00000242. The third-order valence-corrected chi connectivity index (χ3v) is 4.06. The van der Waals surface area contributed by atoms with Gasteiger partial charge in [-0.05, 0) is 54.4 Å². The summed E-state index contributed by atoms with van der Waals surface area (Å²) in [6, 6.07) is 14.0. The van der Waals surface area contributed by atoms with Crippen LogP contribution in [0.2, 0.25) is 0 Å². The second-order valence-electron chi connectivity index (χ2n) is 6.99. The molecule has 6 N–H and O–H groups in total. The van der Waals surface area contributed by atoms with E-state index in [-0.39, 0.29) is 12.3 Å². The Morgan fingerprint density at radius 2 is 1.00 bits per heavy atom. The summed E-state index contributed by atoms with van der Waals surface area (Å²) in [4.78, 5) is 0. The van der Waals surface area contributed by atoms with Crippen LogP contribution in [-0.4, -0.2) is 0 Å². The predicted molar refractivity (Wildman–Crippen MR) is 103 cm³/mol. The molecule has 0 bridgehead atoms. The Hall–Kier alpha value is -1.64. The minimum absolute atomic E-state index is 0. The quantitative estimate of drug-likeness (QED) is 0.679. The first-order chi connectivity index (χ1) is 9.85. The lowest BCUT2D eigenvalue weighted by atomic mass is 9.91. The molecule has 2 aromatic carbocycles. The van der Waals surface area contributed by atoms with Crippen molar-refractivity contribution in [1.29, 1.82) is 0 Å². The van der Waals surface area contributed by atoms with Crippen molar-refractivity contribution >= 4 is 0 Å². The molecule has 0 saturated heterocycles. The van der Waals surface area contributed by atoms with Crippen LogP contribution in [0.5, 0.6) is 0 Å². The fourth-order valence-electron chi connectivity index (χ4n) is 2.92. The summed E-state index contributed by atoms with van der Waals surface area (Å²) in [7, 11) is 0. The Labute approximate surface area is 142 Å². The van der Waals surface area contributed by atoms with Gasteiger partial charge < -0.3 is 12.3 Å². The van der Waals surface area contributed by atoms with E-state index in [9.17, 15) is 0 Å². The van der Waals surface area contributed by atoms with Crippen molar-refractivity contribution in [2.45, 2.75) is 59.8 Å². The normalized spacial score (nSPS) is 10.4. The molecule has 0 atom stereocenters. The van der Waals surface area contributed by atoms with E-state index in [0.717, 1.165) is 6.42 Å². The number of aryl methyl sites for hydroxylation is 2. The average Bonchev–Trinajstić information content (AvgIpc) is 2.36. The van der Waals surface area contributed by atoms with Gasteiger partial charge >= 0.3 is 0 Å². The molecule has 0 unspecified atom stereocenters. The van der Waals surface area contributed by atoms with Crippen LogP contribution < -0.4 is 12.3 Å². The third-order valence-electron chi connectivity index (χ3n) is 4.06. The monoisotopic (exact) mass is 314 g/mol. The van der Waals surface area contributed by atoms with Crippen LogP contribution in [0.4, 0.5) is 0 Å². The molecular weight excluding hydrogens is 280 g/mol. The lowest BCUT2D eigenvalue weighted by Crippen LogP contribution is -1.98. The Kier molecular flexibility index (Phi) is 8.22. The lowest BCUT2D eigenvalue weighted by molar-refractivity contribution is 0.828. The summed E-state index contributed by atoms with van der Waals surface area (Å²) in [5.74, 6) is 1.17. The summed E-state index contributed by atoms with van der Waals surface area (Å²) < 4.78 is 0. The zero-order valence-electron chi connectivity index (χ0n) is 15.7. The van der Waals surface area contributed by atoms with E-state index in [4.69, 9.17) is 0 Å². The van der Waals surface area contributed by atoms with Gasteiger partial charge in [0.1, 0.15) is 0 Å². The number of benzene rings is 2. The van der Waals surface area contributed by atoms with Gasteiger partial charge in [0, 0.05) is 0 Å². The van der Waals surface area contributed by atoms with Crippen LogP contribution in [0.15, 0.2) is 36.4 Å². The molecule has 2 nitrogen and oxygen atoms in total. The minimum atomic E-state index is 0. The van der Waals surface area contributed by atoms with Crippen molar-refractivity contribution in [3.05, 3.63) is 69.8 Å². The first-order valence-corrected chi connectivity index (χ1v) is 8.06. The molecule has 0 aliphatic rings. The highest BCUT2D eigenvalue weighted by atomic mass is 14.1. The number of hydrogen-bond acceptors (Lipinski definition) is 2. The molecule has 0 aromatic heterocycles. The maximum Gasteiger partial charge on any atom is -0.00254 e. The Bertz CT molecular complexity index is 581. The second-order valence-corrected chi connectivity index (χ2v) is 6.99. The van der Waals surface area contributed by atoms with E-state index in [1.807, 2.05) is 0 Å². The van der Waals surface area contributed by atoms with Crippen molar-refractivity contribution in [1.82, 2.24) is 12.3 Å². The molecule has 0 aliphatic carbocycles. The Morgan fingerprint density at radius 3 is 1.39 bits per heavy atom. The summed E-state index contributed by atoms with van der Waals surface area (Å²) in [6.45, 7) is 13.5. The van der Waals surface area contributed by atoms with Gasteiger partial charge in [0.25, 0.3) is 0 Å². The summed E-state index contributed by atoms with van der Waals surface area (Å²) in [5.41, 5.74) is 8.49. The first kappa shape index (κ1) is 21.4. The maximum absolute atomic E-state index is 2.38. The molecule has 0 aliphatic heterocycles. The predicted octanol–water partition coefficient (Wildman–Crippen LogP) is 6.47. The average molecular weight is 315 g/mol. The zero-order chi connectivity index (χ0) is 15.6. The molecule has 0 fully saturated rings. The van der Waals surface area contributed by atoms with E-state index >= 15 is 0 Å². The van der Waals surface area contributed by atoms with Crippen LogP contribution >= 0.6 is 0 Å². The van der Waals surface area contributed by atoms with Gasteiger partial charge in [0.15, 0.2) is 0 Å². The lowest BCUT2D eigenvalue weighted by Gasteiger charge is -2.15. The van der Waals surface area contributed by atoms with Crippen molar-refractivity contribution in [3.8, 4) is 0 Å². The van der Waals surface area contributed by atoms with Gasteiger partial charge in [0.05, 0.1) is 0 Å². The molecule has 0 heterocycles. The standard InChI is InChI=1S/C21H28.2H3N/c1-14(2)20-11-19(12-21(13-20)15(3)4)10-18-8-16(5)7-17(6)9-18;;/h7-9,11-15H,10H2,1-6H3;2*1H3. The highest BCUT2D eigenvalue weighted by Crippen LogP contribution is 2.25. The third kappa shape index (κ3) is 5.81. The van der Waals surface area contributed by atoms with Crippen molar-refractivity contribution in [3.63, 3.8) is 0 Å². The topological polar surface area (TPSA) is 70.0 Å². The minimum Gasteiger partial charge on any atom is -0.344 e. The van der Waals surface area contributed by atoms with E-state index in [1.165, 1.54) is 33.4 Å². The van der Waals surface area contributed by atoms with Crippen molar-refractivity contribution < 1.29 is 0 Å². The Morgan fingerprint density at radius 1 is 0.609 bits per heavy atom. The van der Waals surface area contributed by atoms with Gasteiger partial charge in [-0.25, -0.2) is 0 Å². The maximum atomic E-state index is 2.38. The summed E-state index contributed by atoms with van der Waals surface area (Å²) in [5, 5.41) is 0. The highest BCUT2D eigenvalue weighted by Gasteiger charge is 2.08. The molecule has 0 spiro atoms. The van der Waals surface area contributed by atoms with E-state index in [1.54, 1.807) is 0 Å². The van der Waals surface area contributed by atoms with Crippen LogP contribution in [0.25, 0.3) is 0 Å². The second kappa shape index (κ2) is 8.85. The smallest absolute Gasteiger partial charge is 0.00254 e. The molecular formula is C21H34N2. The first-order valence-electron chi connectivity index (χ1n) is 8.06. The van der Waals surface area contributed by atoms with Gasteiger partial charge in [-0.2, -0.15) is 0 Å². The molecule has 0 amide bonds. The van der Waals surface area contributed by atoms with Gasteiger partial charge in [0.2, 0.25) is 0 Å². The molecule has 2 heteroatoms. The van der Waals surface area contributed by atoms with E-state index in [2.05, 4.69) is 77.9 Å². The molecule has 2 rings (SSSR count). The SMILES string of the molecule is Cc1cc(C)cc(Cc2cc(C(C)C)cc(C(C)C)c2)c1.N.N. The molecule has 0 radical (unpaired) electrons. The zero-order valence-corrected chi connectivity index (χ0v) is 15.7. The summed E-state index contributed by atoms with van der Waals surface area (Å²) >= 11 is 0. The van der Waals surface area contributed by atoms with Crippen LogP contribution in [0.3, 0.4) is 0 Å². The van der Waals surface area contributed by atoms with Gasteiger partial charge in [-0.3, -0.25) is 0 Å². The van der Waals surface area contributed by atoms with Gasteiger partial charge in [-0.15, -0.1) is 0 Å². The number of rotatable bonds is 4. The molecule has 0 saturated carbocycles. The van der Waals surface area contributed by atoms with Crippen LogP contribution in [0.1, 0.15) is 72.9 Å². The van der Waals surface area contributed by atoms with Gasteiger partial charge in [-0.1, -0.05) is 75.2 Å². The van der Waals surface area contributed by atoms with Crippen LogP contribution in [-0.2, 0) is 6.42 Å².